The lowest BCUT2D eigenvalue weighted by atomic mass is 10.0. The van der Waals surface area contributed by atoms with Crippen molar-refractivity contribution >= 4 is 29.9 Å². The number of rotatable bonds is 6. The van der Waals surface area contributed by atoms with Crippen LogP contribution in [0.1, 0.15) is 65.7 Å². The smallest absolute Gasteiger partial charge is 0.193 e. The van der Waals surface area contributed by atoms with Gasteiger partial charge in [-0.1, -0.05) is 13.3 Å². The van der Waals surface area contributed by atoms with Crippen molar-refractivity contribution < 1.29 is 0 Å². The maximum Gasteiger partial charge on any atom is 0.193 e. The Morgan fingerprint density at radius 3 is 2.62 bits per heavy atom. The predicted octanol–water partition coefficient (Wildman–Crippen LogP) is 3.96. The van der Waals surface area contributed by atoms with Crippen LogP contribution in [-0.2, 0) is 0 Å². The van der Waals surface area contributed by atoms with E-state index in [9.17, 15) is 0 Å². The molecule has 0 aromatic rings. The van der Waals surface area contributed by atoms with E-state index in [2.05, 4.69) is 35.9 Å². The first-order valence-electron chi connectivity index (χ1n) is 9.98. The van der Waals surface area contributed by atoms with Gasteiger partial charge in [0.05, 0.1) is 0 Å². The number of likely N-dealkylation sites (tertiary alicyclic amines) is 2. The van der Waals surface area contributed by atoms with E-state index in [0.29, 0.717) is 0 Å². The second-order valence-corrected chi connectivity index (χ2v) is 7.52. The standard InChI is InChI=1S/C19H38N4.HI/c1-4-20-19(23-15-9-10-17(2)16-23)21-12-6-8-14-22-13-7-5-11-18(22)3;/h17-18H,4-16H2,1-3H3,(H,20,21);1H. The fraction of sp³-hybridized carbons (Fsp3) is 0.947. The van der Waals surface area contributed by atoms with E-state index >= 15 is 0 Å². The third-order valence-corrected chi connectivity index (χ3v) is 5.35. The molecule has 0 saturated carbocycles. The van der Waals surface area contributed by atoms with Crippen molar-refractivity contribution in [3.63, 3.8) is 0 Å². The lowest BCUT2D eigenvalue weighted by Gasteiger charge is -2.34. The summed E-state index contributed by atoms with van der Waals surface area (Å²) in [5.41, 5.74) is 0. The fourth-order valence-corrected chi connectivity index (χ4v) is 3.91. The molecular formula is C19H39IN4. The molecule has 0 aliphatic carbocycles. The molecule has 0 aromatic carbocycles. The molecule has 2 heterocycles. The molecule has 142 valence electrons. The molecule has 2 unspecified atom stereocenters. The van der Waals surface area contributed by atoms with Crippen LogP contribution in [0.3, 0.4) is 0 Å². The van der Waals surface area contributed by atoms with E-state index in [-0.39, 0.29) is 24.0 Å². The average Bonchev–Trinajstić information content (AvgIpc) is 2.55. The normalized spacial score (nSPS) is 26.1. The Hall–Kier alpha value is -0.0400. The molecule has 2 atom stereocenters. The van der Waals surface area contributed by atoms with Crippen molar-refractivity contribution in [2.24, 2.45) is 10.9 Å². The lowest BCUT2D eigenvalue weighted by molar-refractivity contribution is 0.158. The quantitative estimate of drug-likeness (QED) is 0.288. The minimum absolute atomic E-state index is 0. The van der Waals surface area contributed by atoms with Crippen LogP contribution in [0.2, 0.25) is 0 Å². The molecule has 2 saturated heterocycles. The molecule has 5 heteroatoms. The van der Waals surface area contributed by atoms with E-state index in [1.807, 2.05) is 0 Å². The van der Waals surface area contributed by atoms with E-state index in [1.165, 1.54) is 64.6 Å². The molecule has 2 aliphatic heterocycles. The topological polar surface area (TPSA) is 30.9 Å². The maximum atomic E-state index is 4.89. The van der Waals surface area contributed by atoms with E-state index in [1.54, 1.807) is 0 Å². The van der Waals surface area contributed by atoms with E-state index < -0.39 is 0 Å². The van der Waals surface area contributed by atoms with Crippen LogP contribution >= 0.6 is 24.0 Å². The summed E-state index contributed by atoms with van der Waals surface area (Å²) in [7, 11) is 0. The summed E-state index contributed by atoms with van der Waals surface area (Å²) >= 11 is 0. The van der Waals surface area contributed by atoms with Gasteiger partial charge in [-0.05, 0) is 71.4 Å². The Bertz CT molecular complexity index is 361. The highest BCUT2D eigenvalue weighted by atomic mass is 127. The zero-order valence-corrected chi connectivity index (χ0v) is 18.4. The molecular weight excluding hydrogens is 411 g/mol. The first-order valence-corrected chi connectivity index (χ1v) is 9.98. The Labute approximate surface area is 166 Å². The van der Waals surface area contributed by atoms with Crippen LogP contribution in [0.15, 0.2) is 4.99 Å². The maximum absolute atomic E-state index is 4.89. The minimum Gasteiger partial charge on any atom is -0.357 e. The second-order valence-electron chi connectivity index (χ2n) is 7.52. The van der Waals surface area contributed by atoms with Crippen molar-refractivity contribution in [3.05, 3.63) is 0 Å². The first-order chi connectivity index (χ1) is 11.2. The summed E-state index contributed by atoms with van der Waals surface area (Å²) in [4.78, 5) is 10.0. The first kappa shape index (κ1) is 22.0. The summed E-state index contributed by atoms with van der Waals surface area (Å²) in [5, 5.41) is 3.49. The number of piperidine rings is 2. The Morgan fingerprint density at radius 2 is 1.92 bits per heavy atom. The van der Waals surface area contributed by atoms with Crippen molar-refractivity contribution in [3.8, 4) is 0 Å². The number of halogens is 1. The van der Waals surface area contributed by atoms with Gasteiger partial charge >= 0.3 is 0 Å². The van der Waals surface area contributed by atoms with Crippen LogP contribution in [0.4, 0.5) is 0 Å². The summed E-state index contributed by atoms with van der Waals surface area (Å²) in [6.45, 7) is 13.7. The van der Waals surface area contributed by atoms with Gasteiger partial charge in [-0.25, -0.2) is 0 Å². The molecule has 0 spiro atoms. The van der Waals surface area contributed by atoms with Crippen LogP contribution in [0.5, 0.6) is 0 Å². The number of hydrogen-bond acceptors (Lipinski definition) is 2. The third-order valence-electron chi connectivity index (χ3n) is 5.35. The molecule has 4 nitrogen and oxygen atoms in total. The van der Waals surface area contributed by atoms with Crippen LogP contribution < -0.4 is 5.32 Å². The number of hydrogen-bond donors (Lipinski definition) is 1. The van der Waals surface area contributed by atoms with Gasteiger partial charge in [-0.15, -0.1) is 24.0 Å². The number of unbranched alkanes of at least 4 members (excludes halogenated alkanes) is 1. The summed E-state index contributed by atoms with van der Waals surface area (Å²) in [5.74, 6) is 1.94. The van der Waals surface area contributed by atoms with Gasteiger partial charge in [0.15, 0.2) is 5.96 Å². The van der Waals surface area contributed by atoms with Gasteiger partial charge < -0.3 is 15.1 Å². The molecule has 0 radical (unpaired) electrons. The van der Waals surface area contributed by atoms with Crippen molar-refractivity contribution in [1.29, 1.82) is 0 Å². The lowest BCUT2D eigenvalue weighted by Crippen LogP contribution is -2.46. The predicted molar refractivity (Wildman–Crippen MR) is 115 cm³/mol. The van der Waals surface area contributed by atoms with Gasteiger partial charge in [0.1, 0.15) is 0 Å². The van der Waals surface area contributed by atoms with Gasteiger partial charge in [0.25, 0.3) is 0 Å². The number of guanidine groups is 1. The molecule has 0 bridgehead atoms. The number of aliphatic imine (C=N–C) groups is 1. The minimum atomic E-state index is 0. The Balaban J connectivity index is 0.00000288. The van der Waals surface area contributed by atoms with Crippen molar-refractivity contribution in [2.45, 2.75) is 71.8 Å². The fourth-order valence-electron chi connectivity index (χ4n) is 3.91. The number of nitrogens with zero attached hydrogens (tertiary/aromatic N) is 3. The molecule has 0 aromatic heterocycles. The summed E-state index contributed by atoms with van der Waals surface area (Å²) < 4.78 is 0. The van der Waals surface area contributed by atoms with Gasteiger partial charge in [0.2, 0.25) is 0 Å². The monoisotopic (exact) mass is 450 g/mol. The van der Waals surface area contributed by atoms with Crippen molar-refractivity contribution in [2.75, 3.05) is 39.3 Å². The molecule has 24 heavy (non-hydrogen) atoms. The van der Waals surface area contributed by atoms with Crippen LogP contribution in [-0.4, -0.2) is 61.1 Å². The van der Waals surface area contributed by atoms with Gasteiger partial charge in [-0.2, -0.15) is 0 Å². The molecule has 2 aliphatic rings. The molecule has 2 fully saturated rings. The molecule has 1 N–H and O–H groups in total. The van der Waals surface area contributed by atoms with E-state index in [0.717, 1.165) is 37.6 Å². The van der Waals surface area contributed by atoms with Crippen molar-refractivity contribution in [1.82, 2.24) is 15.1 Å². The highest BCUT2D eigenvalue weighted by molar-refractivity contribution is 14.0. The summed E-state index contributed by atoms with van der Waals surface area (Å²) in [6.07, 6.45) is 9.35. The van der Waals surface area contributed by atoms with Gasteiger partial charge in [-0.3, -0.25) is 4.99 Å². The largest absolute Gasteiger partial charge is 0.357 e. The summed E-state index contributed by atoms with van der Waals surface area (Å²) in [6, 6.07) is 0.791. The molecule has 0 amide bonds. The Morgan fingerprint density at radius 1 is 1.08 bits per heavy atom. The van der Waals surface area contributed by atoms with E-state index in [4.69, 9.17) is 4.99 Å². The number of nitrogens with one attached hydrogen (secondary N) is 1. The van der Waals surface area contributed by atoms with Crippen LogP contribution in [0, 0.1) is 5.92 Å². The highest BCUT2D eigenvalue weighted by Crippen LogP contribution is 2.17. The Kier molecular flexibility index (Phi) is 11.3. The zero-order valence-electron chi connectivity index (χ0n) is 16.1. The second kappa shape index (κ2) is 12.3. The SMILES string of the molecule is CCNC(=NCCCCN1CCCCC1C)N1CCCC(C)C1.I. The highest BCUT2D eigenvalue weighted by Gasteiger charge is 2.19. The molecule has 2 rings (SSSR count). The zero-order chi connectivity index (χ0) is 16.5. The average molecular weight is 450 g/mol. The third kappa shape index (κ3) is 7.46. The van der Waals surface area contributed by atoms with Crippen LogP contribution in [0.25, 0.3) is 0 Å². The van der Waals surface area contributed by atoms with Gasteiger partial charge in [0, 0.05) is 32.2 Å².